The molecule has 2 rings (SSSR count). The van der Waals surface area contributed by atoms with E-state index in [0.29, 0.717) is 11.4 Å². The Hall–Kier alpha value is -0.960. The lowest BCUT2D eigenvalue weighted by molar-refractivity contribution is 0.457. The molecule has 0 bridgehead atoms. The molecule has 2 nitrogen and oxygen atoms in total. The number of hydrogen-bond donors (Lipinski definition) is 2. The molecule has 1 aliphatic rings. The summed E-state index contributed by atoms with van der Waals surface area (Å²) in [6, 6.07) is 3.29. The van der Waals surface area contributed by atoms with Gasteiger partial charge in [-0.15, -0.1) is 0 Å². The Morgan fingerprint density at radius 2 is 1.76 bits per heavy atom. The maximum Gasteiger partial charge on any atom is 0.166 e. The zero-order valence-electron chi connectivity index (χ0n) is 10.6. The summed E-state index contributed by atoms with van der Waals surface area (Å²) in [5.74, 6) is -0.467. The minimum atomic E-state index is -0.467. The molecule has 0 heterocycles. The highest BCUT2D eigenvalue weighted by Crippen LogP contribution is 2.64. The monoisotopic (exact) mass is 256 g/mol. The Kier molecular flexibility index (Phi) is 2.58. The third kappa shape index (κ3) is 1.68. The second-order valence-electron chi connectivity index (χ2n) is 5.85. The van der Waals surface area contributed by atoms with Crippen LogP contribution in [0.5, 0.6) is 0 Å². The summed E-state index contributed by atoms with van der Waals surface area (Å²) in [7, 11) is 0. The molecular weight excluding hydrogens is 239 g/mol. The molecule has 0 aromatic heterocycles. The molecule has 0 aliphatic heterocycles. The molecule has 94 valence electrons. The second-order valence-corrected chi connectivity index (χ2v) is 6.25. The van der Waals surface area contributed by atoms with Crippen molar-refractivity contribution in [3.63, 3.8) is 0 Å². The van der Waals surface area contributed by atoms with Crippen LogP contribution in [0.3, 0.4) is 0 Å². The van der Waals surface area contributed by atoms with E-state index in [9.17, 15) is 4.39 Å². The highest BCUT2D eigenvalue weighted by Gasteiger charge is 2.65. The lowest BCUT2D eigenvalue weighted by Crippen LogP contribution is -2.13. The molecule has 17 heavy (non-hydrogen) atoms. The van der Waals surface area contributed by atoms with Gasteiger partial charge in [-0.2, -0.15) is 0 Å². The van der Waals surface area contributed by atoms with Gasteiger partial charge >= 0.3 is 0 Å². The molecule has 0 spiro atoms. The third-order valence-corrected chi connectivity index (χ3v) is 4.73. The largest absolute Gasteiger partial charge is 0.397 e. The fourth-order valence-electron chi connectivity index (χ4n) is 2.41. The number of hydrogen-bond acceptors (Lipinski definition) is 2. The first-order chi connectivity index (χ1) is 7.69. The van der Waals surface area contributed by atoms with Gasteiger partial charge in [0.25, 0.3) is 0 Å². The van der Waals surface area contributed by atoms with E-state index >= 15 is 0 Å². The van der Waals surface area contributed by atoms with Crippen molar-refractivity contribution < 1.29 is 4.39 Å². The molecule has 0 unspecified atom stereocenters. The summed E-state index contributed by atoms with van der Waals surface area (Å²) in [6.45, 7) is 8.62. The fourth-order valence-corrected chi connectivity index (χ4v) is 2.57. The van der Waals surface area contributed by atoms with Crippen LogP contribution >= 0.6 is 11.6 Å². The standard InChI is InChI=1S/C13H18ClFN2/c1-12(2)11(13(12,3)4)17-10-8(16)6-5-7(14)9(10)15/h5-6,11,17H,16H2,1-4H3. The topological polar surface area (TPSA) is 38.0 Å². The number of nitrogen functional groups attached to an aromatic ring is 1. The number of anilines is 2. The van der Waals surface area contributed by atoms with Crippen LogP contribution in [0.25, 0.3) is 0 Å². The minimum Gasteiger partial charge on any atom is -0.397 e. The van der Waals surface area contributed by atoms with Gasteiger partial charge in [-0.25, -0.2) is 4.39 Å². The summed E-state index contributed by atoms with van der Waals surface area (Å²) < 4.78 is 13.9. The van der Waals surface area contributed by atoms with Crippen LogP contribution in [0.2, 0.25) is 5.02 Å². The van der Waals surface area contributed by atoms with E-state index in [1.54, 1.807) is 6.07 Å². The van der Waals surface area contributed by atoms with Gasteiger partial charge in [0.2, 0.25) is 0 Å². The molecule has 0 amide bonds. The fraction of sp³-hybridized carbons (Fsp3) is 0.538. The molecule has 0 radical (unpaired) electrons. The molecule has 0 atom stereocenters. The van der Waals surface area contributed by atoms with Crippen LogP contribution in [-0.2, 0) is 0 Å². The van der Waals surface area contributed by atoms with Gasteiger partial charge in [0.1, 0.15) is 0 Å². The first-order valence-corrected chi connectivity index (χ1v) is 6.07. The Balaban J connectivity index is 2.31. The van der Waals surface area contributed by atoms with E-state index in [-0.39, 0.29) is 21.9 Å². The predicted molar refractivity (Wildman–Crippen MR) is 70.8 cm³/mol. The zero-order chi connectivity index (χ0) is 13.0. The highest BCUT2D eigenvalue weighted by molar-refractivity contribution is 6.31. The number of halogens is 2. The van der Waals surface area contributed by atoms with Gasteiger partial charge in [0.05, 0.1) is 16.4 Å². The highest BCUT2D eigenvalue weighted by atomic mass is 35.5. The number of benzene rings is 1. The van der Waals surface area contributed by atoms with Gasteiger partial charge < -0.3 is 11.1 Å². The van der Waals surface area contributed by atoms with E-state index < -0.39 is 5.82 Å². The molecule has 0 saturated heterocycles. The van der Waals surface area contributed by atoms with Crippen LogP contribution in [0.1, 0.15) is 27.7 Å². The van der Waals surface area contributed by atoms with Crippen molar-refractivity contribution in [1.82, 2.24) is 0 Å². The van der Waals surface area contributed by atoms with E-state index in [1.807, 2.05) is 0 Å². The summed E-state index contributed by atoms with van der Waals surface area (Å²) in [5.41, 5.74) is 6.74. The molecule has 1 saturated carbocycles. The Labute approximate surface area is 106 Å². The van der Waals surface area contributed by atoms with Gasteiger partial charge in [-0.3, -0.25) is 0 Å². The van der Waals surface area contributed by atoms with Crippen LogP contribution < -0.4 is 11.1 Å². The van der Waals surface area contributed by atoms with E-state index in [2.05, 4.69) is 33.0 Å². The lowest BCUT2D eigenvalue weighted by atomic mass is 10.0. The van der Waals surface area contributed by atoms with Gasteiger partial charge in [0.15, 0.2) is 5.82 Å². The first kappa shape index (κ1) is 12.5. The minimum absolute atomic E-state index is 0.0953. The van der Waals surface area contributed by atoms with Crippen LogP contribution in [-0.4, -0.2) is 6.04 Å². The molecule has 4 heteroatoms. The third-order valence-electron chi connectivity index (χ3n) is 4.44. The Bertz CT molecular complexity index is 455. The average Bonchev–Trinajstić information content (AvgIpc) is 2.60. The quantitative estimate of drug-likeness (QED) is 0.788. The molecule has 3 N–H and O–H groups in total. The first-order valence-electron chi connectivity index (χ1n) is 5.69. The Morgan fingerprint density at radius 3 is 2.24 bits per heavy atom. The number of nitrogens with two attached hydrogens (primary N) is 1. The summed E-state index contributed by atoms with van der Waals surface area (Å²) in [6.07, 6.45) is 0. The van der Waals surface area contributed by atoms with Gasteiger partial charge in [-0.1, -0.05) is 39.3 Å². The van der Waals surface area contributed by atoms with Crippen molar-refractivity contribution in [2.45, 2.75) is 33.7 Å². The van der Waals surface area contributed by atoms with Crippen molar-refractivity contribution in [2.24, 2.45) is 10.8 Å². The Morgan fingerprint density at radius 1 is 1.24 bits per heavy atom. The van der Waals surface area contributed by atoms with Crippen molar-refractivity contribution in [3.8, 4) is 0 Å². The van der Waals surface area contributed by atoms with Crippen LogP contribution in [0.15, 0.2) is 12.1 Å². The maximum absolute atomic E-state index is 13.9. The number of rotatable bonds is 2. The van der Waals surface area contributed by atoms with Gasteiger partial charge in [0, 0.05) is 6.04 Å². The summed E-state index contributed by atoms with van der Waals surface area (Å²) in [5, 5.41) is 3.28. The molecule has 1 aromatic carbocycles. The average molecular weight is 257 g/mol. The van der Waals surface area contributed by atoms with Crippen LogP contribution in [0, 0.1) is 16.6 Å². The van der Waals surface area contributed by atoms with Crippen molar-refractivity contribution in [3.05, 3.63) is 23.0 Å². The SMILES string of the molecule is CC1(C)C(Nc2c(N)ccc(Cl)c2F)C1(C)C. The van der Waals surface area contributed by atoms with Crippen molar-refractivity contribution in [1.29, 1.82) is 0 Å². The molecule has 1 aromatic rings. The predicted octanol–water partition coefficient (Wildman–Crippen LogP) is 3.91. The second kappa shape index (κ2) is 3.52. The zero-order valence-corrected chi connectivity index (χ0v) is 11.3. The van der Waals surface area contributed by atoms with Crippen molar-refractivity contribution in [2.75, 3.05) is 11.1 Å². The molecule has 1 fully saturated rings. The summed E-state index contributed by atoms with van der Waals surface area (Å²) in [4.78, 5) is 0. The van der Waals surface area contributed by atoms with E-state index in [0.717, 1.165) is 0 Å². The van der Waals surface area contributed by atoms with Gasteiger partial charge in [-0.05, 0) is 23.0 Å². The smallest absolute Gasteiger partial charge is 0.166 e. The molecule has 1 aliphatic carbocycles. The van der Waals surface area contributed by atoms with Crippen LogP contribution in [0.4, 0.5) is 15.8 Å². The van der Waals surface area contributed by atoms with Crippen molar-refractivity contribution >= 4 is 23.0 Å². The van der Waals surface area contributed by atoms with E-state index in [4.69, 9.17) is 17.3 Å². The molecular formula is C13H18ClFN2. The lowest BCUT2D eigenvalue weighted by Gasteiger charge is -2.12. The van der Waals surface area contributed by atoms with E-state index in [1.165, 1.54) is 6.07 Å². The maximum atomic E-state index is 13.9. The normalized spacial score (nSPS) is 21.3. The number of nitrogens with one attached hydrogen (secondary N) is 1. The summed E-state index contributed by atoms with van der Waals surface area (Å²) >= 11 is 5.76.